The van der Waals surface area contributed by atoms with Crippen LogP contribution in [-0.2, 0) is 0 Å². The normalized spacial score (nSPS) is 14.2. The molecule has 0 atom stereocenters. The summed E-state index contributed by atoms with van der Waals surface area (Å²) in [6.07, 6.45) is 0. The van der Waals surface area contributed by atoms with Crippen molar-refractivity contribution < 1.29 is 10.2 Å². The summed E-state index contributed by atoms with van der Waals surface area (Å²) in [4.78, 5) is 0. The quantitative estimate of drug-likeness (QED) is 0.431. The van der Waals surface area contributed by atoms with Crippen molar-refractivity contribution in [1.29, 1.82) is 0 Å². The monoisotopic (exact) mass is 178 g/mol. The Morgan fingerprint density at radius 1 is 1.12 bits per heavy atom. The molecule has 50 valence electrons. The minimum Gasteiger partial charge on any atom is -0.362 e. The van der Waals surface area contributed by atoms with Gasteiger partial charge in [0.25, 0.3) is 0 Å². The average molecular weight is 179 g/mol. The third-order valence-electron chi connectivity index (χ3n) is 0.537. The molecule has 0 aromatic heterocycles. The predicted octanol–water partition coefficient (Wildman–Crippen LogP) is 1.06. The molecule has 0 radical (unpaired) electrons. The lowest BCUT2D eigenvalue weighted by atomic mass is 10.4. The summed E-state index contributed by atoms with van der Waals surface area (Å²) in [7, 11) is 0. The van der Waals surface area contributed by atoms with Crippen LogP contribution in [0.25, 0.3) is 0 Å². The Labute approximate surface area is 62.0 Å². The molecule has 0 rings (SSSR count). The standard InChI is InChI=1S/C3H5Cl3O2/c1-2(7,8)3(4,5)6/h7-8H,1H3. The second-order valence-electron chi connectivity index (χ2n) is 1.52. The van der Waals surface area contributed by atoms with E-state index in [-0.39, 0.29) is 0 Å². The van der Waals surface area contributed by atoms with Gasteiger partial charge in [0.05, 0.1) is 0 Å². The molecule has 2 nitrogen and oxygen atoms in total. The summed E-state index contributed by atoms with van der Waals surface area (Å²) < 4.78 is -2.03. The van der Waals surface area contributed by atoms with Crippen molar-refractivity contribution in [2.45, 2.75) is 16.5 Å². The van der Waals surface area contributed by atoms with Crippen LogP contribution < -0.4 is 0 Å². The molecule has 5 heteroatoms. The zero-order valence-electron chi connectivity index (χ0n) is 4.03. The van der Waals surface area contributed by atoms with E-state index in [2.05, 4.69) is 0 Å². The minimum absolute atomic E-state index is 0.986. The van der Waals surface area contributed by atoms with Crippen LogP contribution in [-0.4, -0.2) is 19.8 Å². The van der Waals surface area contributed by atoms with Gasteiger partial charge in [-0.2, -0.15) is 0 Å². The Balaban J connectivity index is 4.02. The summed E-state index contributed by atoms with van der Waals surface area (Å²) in [5.74, 6) is -2.27. The van der Waals surface area contributed by atoms with Crippen molar-refractivity contribution in [2.24, 2.45) is 0 Å². The zero-order valence-corrected chi connectivity index (χ0v) is 6.30. The highest BCUT2D eigenvalue weighted by Gasteiger charge is 2.40. The maximum absolute atomic E-state index is 8.51. The molecule has 0 spiro atoms. The van der Waals surface area contributed by atoms with Gasteiger partial charge in [-0.1, -0.05) is 34.8 Å². The van der Waals surface area contributed by atoms with Gasteiger partial charge in [0, 0.05) is 0 Å². The van der Waals surface area contributed by atoms with E-state index in [1.54, 1.807) is 0 Å². The maximum Gasteiger partial charge on any atom is 0.243 e. The molecule has 0 aliphatic rings. The summed E-state index contributed by atoms with van der Waals surface area (Å²) in [5.41, 5.74) is 0. The van der Waals surface area contributed by atoms with Gasteiger partial charge in [-0.3, -0.25) is 0 Å². The summed E-state index contributed by atoms with van der Waals surface area (Å²) >= 11 is 15.1. The molecule has 0 aromatic carbocycles. The number of hydrogen-bond acceptors (Lipinski definition) is 2. The topological polar surface area (TPSA) is 40.5 Å². The average Bonchev–Trinajstić information content (AvgIpc) is 1.25. The number of alkyl halides is 3. The SMILES string of the molecule is CC(O)(O)C(Cl)(Cl)Cl. The van der Waals surface area contributed by atoms with Gasteiger partial charge in [0.15, 0.2) is 0 Å². The van der Waals surface area contributed by atoms with E-state index in [9.17, 15) is 0 Å². The molecule has 0 fully saturated rings. The second-order valence-corrected chi connectivity index (χ2v) is 3.80. The van der Waals surface area contributed by atoms with Crippen LogP contribution >= 0.6 is 34.8 Å². The first-order valence-corrected chi connectivity index (χ1v) is 2.90. The van der Waals surface area contributed by atoms with Gasteiger partial charge in [0.1, 0.15) is 0 Å². The van der Waals surface area contributed by atoms with Gasteiger partial charge in [-0.05, 0) is 6.92 Å². The summed E-state index contributed by atoms with van der Waals surface area (Å²) in [6.45, 7) is 0.986. The molecule has 2 N–H and O–H groups in total. The Kier molecular flexibility index (Phi) is 2.41. The van der Waals surface area contributed by atoms with Gasteiger partial charge in [0.2, 0.25) is 9.58 Å². The lowest BCUT2D eigenvalue weighted by molar-refractivity contribution is -0.140. The Hall–Kier alpha value is 0.790. The lowest BCUT2D eigenvalue weighted by Crippen LogP contribution is -2.38. The van der Waals surface area contributed by atoms with Gasteiger partial charge in [-0.15, -0.1) is 0 Å². The fourth-order valence-corrected chi connectivity index (χ4v) is 0. The van der Waals surface area contributed by atoms with Crippen molar-refractivity contribution in [2.75, 3.05) is 0 Å². The highest BCUT2D eigenvalue weighted by atomic mass is 35.6. The van der Waals surface area contributed by atoms with Gasteiger partial charge < -0.3 is 10.2 Å². The molecule has 0 aliphatic heterocycles. The first-order valence-electron chi connectivity index (χ1n) is 1.76. The molecule has 0 unspecified atom stereocenters. The molecule has 0 saturated heterocycles. The molecular formula is C3H5Cl3O2. The first kappa shape index (κ1) is 8.79. The van der Waals surface area contributed by atoms with E-state index in [1.165, 1.54) is 0 Å². The predicted molar refractivity (Wildman–Crippen MR) is 33.1 cm³/mol. The van der Waals surface area contributed by atoms with Crippen LogP contribution in [0.1, 0.15) is 6.92 Å². The molecule has 0 heterocycles. The van der Waals surface area contributed by atoms with Crippen molar-refractivity contribution in [1.82, 2.24) is 0 Å². The molecule has 0 aromatic rings. The minimum atomic E-state index is -2.27. The first-order chi connectivity index (χ1) is 3.25. The number of rotatable bonds is 0. The van der Waals surface area contributed by atoms with E-state index in [0.717, 1.165) is 6.92 Å². The zero-order chi connectivity index (χ0) is 7.00. The van der Waals surface area contributed by atoms with Crippen LogP contribution in [0, 0.1) is 0 Å². The van der Waals surface area contributed by atoms with Crippen LogP contribution in [0.4, 0.5) is 0 Å². The van der Waals surface area contributed by atoms with Crippen LogP contribution in [0.2, 0.25) is 0 Å². The van der Waals surface area contributed by atoms with Crippen LogP contribution in [0.3, 0.4) is 0 Å². The van der Waals surface area contributed by atoms with Crippen molar-refractivity contribution in [3.8, 4) is 0 Å². The number of halogens is 3. The fourth-order valence-electron chi connectivity index (χ4n) is 0. The van der Waals surface area contributed by atoms with Gasteiger partial charge >= 0.3 is 0 Å². The summed E-state index contributed by atoms with van der Waals surface area (Å²) in [6, 6.07) is 0. The third-order valence-corrected chi connectivity index (χ3v) is 1.61. The van der Waals surface area contributed by atoms with E-state index in [4.69, 9.17) is 45.0 Å². The Morgan fingerprint density at radius 3 is 1.25 bits per heavy atom. The lowest BCUT2D eigenvalue weighted by Gasteiger charge is -2.23. The van der Waals surface area contributed by atoms with Crippen molar-refractivity contribution >= 4 is 34.8 Å². The Morgan fingerprint density at radius 2 is 1.25 bits per heavy atom. The largest absolute Gasteiger partial charge is 0.362 e. The molecule has 0 aliphatic carbocycles. The van der Waals surface area contributed by atoms with Crippen LogP contribution in [0.15, 0.2) is 0 Å². The summed E-state index contributed by atoms with van der Waals surface area (Å²) in [5, 5.41) is 17.0. The van der Waals surface area contributed by atoms with Crippen molar-refractivity contribution in [3.05, 3.63) is 0 Å². The molecule has 0 saturated carbocycles. The van der Waals surface area contributed by atoms with E-state index in [0.29, 0.717) is 0 Å². The highest BCUT2D eigenvalue weighted by Crippen LogP contribution is 2.35. The molecule has 0 bridgehead atoms. The molecule has 8 heavy (non-hydrogen) atoms. The second kappa shape index (κ2) is 2.20. The molecule has 0 amide bonds. The Bertz CT molecular complexity index is 67.5. The number of aliphatic hydroxyl groups is 2. The van der Waals surface area contributed by atoms with E-state index < -0.39 is 9.58 Å². The van der Waals surface area contributed by atoms with Crippen LogP contribution in [0.5, 0.6) is 0 Å². The van der Waals surface area contributed by atoms with E-state index >= 15 is 0 Å². The smallest absolute Gasteiger partial charge is 0.243 e. The third kappa shape index (κ3) is 2.37. The number of hydrogen-bond donors (Lipinski definition) is 2. The fraction of sp³-hybridized carbons (Fsp3) is 1.00. The van der Waals surface area contributed by atoms with Gasteiger partial charge in [-0.25, -0.2) is 0 Å². The maximum atomic E-state index is 8.51. The highest BCUT2D eigenvalue weighted by molar-refractivity contribution is 6.68. The molecular weight excluding hydrogens is 174 g/mol. The van der Waals surface area contributed by atoms with Crippen molar-refractivity contribution in [3.63, 3.8) is 0 Å². The van der Waals surface area contributed by atoms with E-state index in [1.807, 2.05) is 0 Å².